The average molecular weight is 369 g/mol. The third-order valence-electron chi connectivity index (χ3n) is 3.38. The molecule has 7 nitrogen and oxygen atoms in total. The summed E-state index contributed by atoms with van der Waals surface area (Å²) in [5, 5.41) is 13.6. The SMILES string of the molecule is CC(C)C(C)N.CCCCN.O=CNCC(=O)Nc1ccc(CO)cc1. The molecule has 0 spiro atoms. The highest BCUT2D eigenvalue weighted by Gasteiger charge is 2.00. The second-order valence-corrected chi connectivity index (χ2v) is 6.15. The van der Waals surface area contributed by atoms with Crippen LogP contribution >= 0.6 is 0 Å². The number of benzene rings is 1. The summed E-state index contributed by atoms with van der Waals surface area (Å²) < 4.78 is 0. The second kappa shape index (κ2) is 17.8. The van der Waals surface area contributed by atoms with Crippen LogP contribution in [0.1, 0.15) is 46.1 Å². The van der Waals surface area contributed by atoms with Crippen LogP contribution in [0.15, 0.2) is 24.3 Å². The third-order valence-corrected chi connectivity index (χ3v) is 3.38. The van der Waals surface area contributed by atoms with E-state index in [-0.39, 0.29) is 19.1 Å². The van der Waals surface area contributed by atoms with Gasteiger partial charge in [0.05, 0.1) is 13.2 Å². The van der Waals surface area contributed by atoms with Gasteiger partial charge in [-0.05, 0) is 43.5 Å². The molecule has 0 saturated carbocycles. The van der Waals surface area contributed by atoms with Gasteiger partial charge in [-0.15, -0.1) is 0 Å². The summed E-state index contributed by atoms with van der Waals surface area (Å²) in [4.78, 5) is 21.1. The number of nitrogens with two attached hydrogens (primary N) is 2. The Labute approximate surface area is 157 Å². The van der Waals surface area contributed by atoms with E-state index in [4.69, 9.17) is 16.6 Å². The Morgan fingerprint density at radius 3 is 2.08 bits per heavy atom. The summed E-state index contributed by atoms with van der Waals surface area (Å²) in [6.07, 6.45) is 2.85. The zero-order chi connectivity index (χ0) is 20.4. The molecule has 0 aliphatic rings. The second-order valence-electron chi connectivity index (χ2n) is 6.15. The Morgan fingerprint density at radius 2 is 1.77 bits per heavy atom. The van der Waals surface area contributed by atoms with Gasteiger partial charge in [-0.3, -0.25) is 9.59 Å². The first-order valence-electron chi connectivity index (χ1n) is 8.94. The van der Waals surface area contributed by atoms with Gasteiger partial charge in [0.15, 0.2) is 0 Å². The van der Waals surface area contributed by atoms with Crippen LogP contribution in [0.4, 0.5) is 5.69 Å². The van der Waals surface area contributed by atoms with Gasteiger partial charge >= 0.3 is 0 Å². The maximum absolute atomic E-state index is 11.1. The quantitative estimate of drug-likeness (QED) is 0.445. The summed E-state index contributed by atoms with van der Waals surface area (Å²) in [6, 6.07) is 7.14. The summed E-state index contributed by atoms with van der Waals surface area (Å²) in [5.74, 6) is 0.337. The van der Waals surface area contributed by atoms with Crippen LogP contribution in [0.5, 0.6) is 0 Å². The number of unbranched alkanes of at least 4 members (excludes halogenated alkanes) is 1. The fourth-order valence-electron chi connectivity index (χ4n) is 1.24. The largest absolute Gasteiger partial charge is 0.392 e. The molecule has 0 aromatic heterocycles. The Kier molecular flexibility index (Phi) is 18.0. The van der Waals surface area contributed by atoms with Crippen LogP contribution in [0, 0.1) is 5.92 Å². The molecule has 7 N–H and O–H groups in total. The van der Waals surface area contributed by atoms with Crippen LogP contribution in [-0.2, 0) is 16.2 Å². The van der Waals surface area contributed by atoms with Crippen molar-refractivity contribution < 1.29 is 14.7 Å². The predicted octanol–water partition coefficient (Wildman–Crippen LogP) is 1.60. The van der Waals surface area contributed by atoms with Gasteiger partial charge in [0, 0.05) is 11.7 Å². The maximum atomic E-state index is 11.1. The molecule has 0 aliphatic carbocycles. The van der Waals surface area contributed by atoms with Crippen LogP contribution in [0.3, 0.4) is 0 Å². The monoisotopic (exact) mass is 368 g/mol. The van der Waals surface area contributed by atoms with Crippen molar-refractivity contribution >= 4 is 18.0 Å². The minimum absolute atomic E-state index is 0.0269. The number of carbonyl (C=O) groups excluding carboxylic acids is 2. The molecule has 1 rings (SSSR count). The van der Waals surface area contributed by atoms with Gasteiger partial charge in [-0.1, -0.05) is 39.3 Å². The maximum Gasteiger partial charge on any atom is 0.243 e. The van der Waals surface area contributed by atoms with E-state index < -0.39 is 0 Å². The molecular formula is C19H36N4O3. The fourth-order valence-corrected chi connectivity index (χ4v) is 1.24. The number of carbonyl (C=O) groups is 2. The van der Waals surface area contributed by atoms with Crippen molar-refractivity contribution in [1.29, 1.82) is 0 Å². The number of hydrogen-bond donors (Lipinski definition) is 5. The van der Waals surface area contributed by atoms with Crippen LogP contribution in [-0.4, -0.2) is 36.6 Å². The Bertz CT molecular complexity index is 454. The van der Waals surface area contributed by atoms with Crippen molar-refractivity contribution in [3.05, 3.63) is 29.8 Å². The Balaban J connectivity index is 0. The molecule has 0 radical (unpaired) electrons. The molecule has 2 amide bonds. The van der Waals surface area contributed by atoms with Crippen molar-refractivity contribution in [3.63, 3.8) is 0 Å². The van der Waals surface area contributed by atoms with Gasteiger partial charge in [0.2, 0.25) is 12.3 Å². The summed E-state index contributed by atoms with van der Waals surface area (Å²) in [5.41, 5.74) is 12.0. The smallest absolute Gasteiger partial charge is 0.243 e. The molecule has 26 heavy (non-hydrogen) atoms. The number of nitrogens with one attached hydrogen (secondary N) is 2. The normalized spacial score (nSPS) is 10.6. The molecule has 7 heteroatoms. The summed E-state index contributed by atoms with van der Waals surface area (Å²) >= 11 is 0. The van der Waals surface area contributed by atoms with E-state index in [1.165, 1.54) is 12.8 Å². The molecule has 0 saturated heterocycles. The summed E-state index contributed by atoms with van der Waals surface area (Å²) in [7, 11) is 0. The molecule has 0 fully saturated rings. The third kappa shape index (κ3) is 16.9. The lowest BCUT2D eigenvalue weighted by Crippen LogP contribution is -2.26. The number of rotatable bonds is 8. The van der Waals surface area contributed by atoms with Gasteiger partial charge in [-0.2, -0.15) is 0 Å². The molecule has 1 atom stereocenters. The summed E-state index contributed by atoms with van der Waals surface area (Å²) in [6.45, 7) is 9.15. The van der Waals surface area contributed by atoms with Gasteiger partial charge in [0.25, 0.3) is 0 Å². The van der Waals surface area contributed by atoms with E-state index in [1.54, 1.807) is 24.3 Å². The zero-order valence-electron chi connectivity index (χ0n) is 16.5. The number of anilines is 1. The molecule has 1 aromatic rings. The number of aliphatic hydroxyl groups excluding tert-OH is 1. The highest BCUT2D eigenvalue weighted by molar-refractivity contribution is 5.93. The van der Waals surface area contributed by atoms with Gasteiger partial charge in [0.1, 0.15) is 0 Å². The number of aliphatic hydroxyl groups is 1. The number of hydrogen-bond acceptors (Lipinski definition) is 5. The van der Waals surface area contributed by atoms with Crippen LogP contribution in [0.25, 0.3) is 0 Å². The molecule has 1 unspecified atom stereocenters. The van der Waals surface area contributed by atoms with Crippen molar-refractivity contribution in [1.82, 2.24) is 5.32 Å². The molecule has 0 aliphatic heterocycles. The van der Waals surface area contributed by atoms with E-state index in [9.17, 15) is 9.59 Å². The number of amides is 2. The van der Waals surface area contributed by atoms with E-state index in [1.807, 2.05) is 6.92 Å². The minimum Gasteiger partial charge on any atom is -0.392 e. The lowest BCUT2D eigenvalue weighted by atomic mass is 10.1. The standard InChI is InChI=1S/C10H12N2O3.C5H13N.C4H11N/c13-6-8-1-3-9(4-2-8)12-10(15)5-11-7-14;1-4(2)5(3)6;1-2-3-4-5/h1-4,7,13H,5-6H2,(H,11,14)(H,12,15);4-5H,6H2,1-3H3;2-5H2,1H3. The Morgan fingerprint density at radius 1 is 1.23 bits per heavy atom. The lowest BCUT2D eigenvalue weighted by molar-refractivity contribution is -0.118. The van der Waals surface area contributed by atoms with E-state index in [2.05, 4.69) is 31.4 Å². The van der Waals surface area contributed by atoms with E-state index >= 15 is 0 Å². The zero-order valence-corrected chi connectivity index (χ0v) is 16.5. The van der Waals surface area contributed by atoms with Gasteiger partial charge in [-0.25, -0.2) is 0 Å². The van der Waals surface area contributed by atoms with Crippen molar-refractivity contribution in [2.24, 2.45) is 17.4 Å². The average Bonchev–Trinajstić information content (AvgIpc) is 2.62. The highest BCUT2D eigenvalue weighted by Crippen LogP contribution is 2.08. The van der Waals surface area contributed by atoms with Gasteiger partial charge < -0.3 is 27.2 Å². The first-order valence-corrected chi connectivity index (χ1v) is 8.94. The minimum atomic E-state index is -0.293. The van der Waals surface area contributed by atoms with Crippen LogP contribution < -0.4 is 22.1 Å². The Hall–Kier alpha value is -1.96. The predicted molar refractivity (Wildman–Crippen MR) is 108 cm³/mol. The first-order chi connectivity index (χ1) is 12.3. The fraction of sp³-hybridized carbons (Fsp3) is 0.579. The van der Waals surface area contributed by atoms with E-state index in [0.29, 0.717) is 24.1 Å². The molecule has 1 aromatic carbocycles. The van der Waals surface area contributed by atoms with E-state index in [0.717, 1.165) is 12.1 Å². The van der Waals surface area contributed by atoms with Crippen molar-refractivity contribution in [2.75, 3.05) is 18.4 Å². The van der Waals surface area contributed by atoms with Crippen LogP contribution in [0.2, 0.25) is 0 Å². The highest BCUT2D eigenvalue weighted by atomic mass is 16.3. The molecule has 150 valence electrons. The molecule has 0 bridgehead atoms. The first kappa shape index (κ1) is 26.3. The molecule has 0 heterocycles. The molecular weight excluding hydrogens is 332 g/mol. The van der Waals surface area contributed by atoms with Crippen molar-refractivity contribution in [2.45, 2.75) is 53.2 Å². The lowest BCUT2D eigenvalue weighted by Gasteiger charge is -2.05. The topological polar surface area (TPSA) is 130 Å². The van der Waals surface area contributed by atoms with Crippen molar-refractivity contribution in [3.8, 4) is 0 Å².